The van der Waals surface area contributed by atoms with Gasteiger partial charge in [-0.05, 0) is 37.3 Å². The fraction of sp³-hybridized carbons (Fsp3) is 0.350. The Hall–Kier alpha value is -2.67. The number of hydrogen-bond acceptors (Lipinski definition) is 4. The maximum atomic E-state index is 4.73. The van der Waals surface area contributed by atoms with Gasteiger partial charge in [0.25, 0.3) is 0 Å². The molecule has 0 aliphatic heterocycles. The molecule has 0 radical (unpaired) electrons. The first kappa shape index (κ1) is 19.1. The van der Waals surface area contributed by atoms with Gasteiger partial charge in [0.2, 0.25) is 0 Å². The summed E-state index contributed by atoms with van der Waals surface area (Å²) in [4.78, 5) is 6.10. The molecule has 0 atom stereocenters. The Morgan fingerprint density at radius 3 is 2.59 bits per heavy atom. The van der Waals surface area contributed by atoms with E-state index in [1.807, 2.05) is 18.5 Å². The summed E-state index contributed by atoms with van der Waals surface area (Å²) in [5.41, 5.74) is 2.45. The van der Waals surface area contributed by atoms with Crippen molar-refractivity contribution in [1.82, 2.24) is 25.4 Å². The minimum atomic E-state index is 0.579. The van der Waals surface area contributed by atoms with E-state index in [2.05, 4.69) is 69.5 Å². The van der Waals surface area contributed by atoms with E-state index < -0.39 is 0 Å². The number of aryl methyl sites for hydroxylation is 2. The lowest BCUT2D eigenvalue weighted by Gasteiger charge is -2.12. The number of nitrogens with one attached hydrogen (secondary N) is 2. The van der Waals surface area contributed by atoms with Crippen molar-refractivity contribution in [3.8, 4) is 0 Å². The lowest BCUT2D eigenvalue weighted by molar-refractivity contribution is 0.713. The van der Waals surface area contributed by atoms with Gasteiger partial charge in [0, 0.05) is 18.5 Å². The van der Waals surface area contributed by atoms with Gasteiger partial charge in [-0.2, -0.15) is 0 Å². The van der Waals surface area contributed by atoms with Crippen LogP contribution in [0.25, 0.3) is 0 Å². The monoisotopic (exact) mass is 382 g/mol. The summed E-state index contributed by atoms with van der Waals surface area (Å²) >= 11 is 1.78. The van der Waals surface area contributed by atoms with Gasteiger partial charge in [0.05, 0.1) is 13.1 Å². The summed E-state index contributed by atoms with van der Waals surface area (Å²) in [6.07, 6.45) is 0.978. The van der Waals surface area contributed by atoms with Crippen LogP contribution in [0.2, 0.25) is 0 Å². The number of rotatable bonds is 7. The van der Waals surface area contributed by atoms with Crippen LogP contribution in [0, 0.1) is 13.8 Å². The molecule has 2 aromatic heterocycles. The van der Waals surface area contributed by atoms with E-state index in [1.54, 1.807) is 11.3 Å². The maximum Gasteiger partial charge on any atom is 0.191 e. The average molecular weight is 383 g/mol. The highest BCUT2D eigenvalue weighted by Crippen LogP contribution is 2.08. The summed E-state index contributed by atoms with van der Waals surface area (Å²) in [6, 6.07) is 12.7. The number of aliphatic imine (C=N–C) groups is 1. The van der Waals surface area contributed by atoms with Crippen LogP contribution in [-0.2, 0) is 26.6 Å². The maximum absolute atomic E-state index is 4.73. The van der Waals surface area contributed by atoms with Crippen LogP contribution in [0.3, 0.4) is 0 Å². The van der Waals surface area contributed by atoms with Crippen molar-refractivity contribution in [1.29, 1.82) is 0 Å². The zero-order chi connectivity index (χ0) is 19.1. The summed E-state index contributed by atoms with van der Waals surface area (Å²) in [5.74, 6) is 2.57. The van der Waals surface area contributed by atoms with Crippen LogP contribution in [0.4, 0.5) is 0 Å². The first-order valence-electron chi connectivity index (χ1n) is 9.07. The molecule has 0 unspecified atom stereocenters. The van der Waals surface area contributed by atoms with Gasteiger partial charge >= 0.3 is 0 Å². The van der Waals surface area contributed by atoms with Crippen LogP contribution in [0.1, 0.15) is 27.7 Å². The fourth-order valence-electron chi connectivity index (χ4n) is 2.56. The highest BCUT2D eigenvalue weighted by atomic mass is 32.1. The molecule has 0 saturated heterocycles. The minimum Gasteiger partial charge on any atom is -0.356 e. The SMILES string of the molecule is Cc1ccc(CN=C(NCCc2cccs2)NCc2nnc(C)n2C)cc1. The molecule has 0 spiro atoms. The van der Waals surface area contributed by atoms with Crippen molar-refractivity contribution >= 4 is 17.3 Å². The third kappa shape index (κ3) is 5.65. The zero-order valence-electron chi connectivity index (χ0n) is 16.1. The van der Waals surface area contributed by atoms with E-state index >= 15 is 0 Å². The minimum absolute atomic E-state index is 0.579. The Kier molecular flexibility index (Phi) is 6.59. The van der Waals surface area contributed by atoms with E-state index in [0.717, 1.165) is 30.6 Å². The fourth-order valence-corrected chi connectivity index (χ4v) is 3.27. The molecular formula is C20H26N6S. The first-order valence-corrected chi connectivity index (χ1v) is 9.95. The Balaban J connectivity index is 1.62. The number of benzene rings is 1. The first-order chi connectivity index (χ1) is 13.1. The van der Waals surface area contributed by atoms with Gasteiger partial charge in [-0.15, -0.1) is 21.5 Å². The van der Waals surface area contributed by atoms with Gasteiger partial charge < -0.3 is 15.2 Å². The second kappa shape index (κ2) is 9.32. The lowest BCUT2D eigenvalue weighted by atomic mass is 10.1. The molecule has 2 N–H and O–H groups in total. The van der Waals surface area contributed by atoms with Gasteiger partial charge in [-0.25, -0.2) is 4.99 Å². The molecule has 0 aliphatic carbocycles. The highest BCUT2D eigenvalue weighted by molar-refractivity contribution is 7.09. The standard InChI is InChI=1S/C20H26N6S/c1-15-6-8-17(9-7-15)13-22-20(21-11-10-18-5-4-12-27-18)23-14-19-25-24-16(2)26(19)3/h4-9,12H,10-11,13-14H2,1-3H3,(H2,21,22,23). The van der Waals surface area contributed by atoms with E-state index in [0.29, 0.717) is 13.1 Å². The van der Waals surface area contributed by atoms with E-state index in [-0.39, 0.29) is 0 Å². The second-order valence-corrected chi connectivity index (χ2v) is 7.51. The van der Waals surface area contributed by atoms with Crippen LogP contribution in [-0.4, -0.2) is 27.3 Å². The van der Waals surface area contributed by atoms with Gasteiger partial charge in [-0.1, -0.05) is 35.9 Å². The van der Waals surface area contributed by atoms with E-state index in [4.69, 9.17) is 4.99 Å². The normalized spacial score (nSPS) is 11.6. The Morgan fingerprint density at radius 1 is 1.11 bits per heavy atom. The number of aromatic nitrogens is 3. The van der Waals surface area contributed by atoms with Crippen molar-refractivity contribution in [2.24, 2.45) is 12.0 Å². The third-order valence-corrected chi connectivity index (χ3v) is 5.32. The number of hydrogen-bond donors (Lipinski definition) is 2. The van der Waals surface area contributed by atoms with Crippen LogP contribution >= 0.6 is 11.3 Å². The van der Waals surface area contributed by atoms with E-state index in [1.165, 1.54) is 16.0 Å². The van der Waals surface area contributed by atoms with Crippen molar-refractivity contribution in [3.63, 3.8) is 0 Å². The van der Waals surface area contributed by atoms with Crippen molar-refractivity contribution in [2.45, 2.75) is 33.4 Å². The number of thiophene rings is 1. The predicted octanol–water partition coefficient (Wildman–Crippen LogP) is 2.97. The molecule has 1 aromatic carbocycles. The third-order valence-electron chi connectivity index (χ3n) is 4.38. The molecule has 0 saturated carbocycles. The summed E-state index contributed by atoms with van der Waals surface area (Å²) in [7, 11) is 1.97. The molecular weight excluding hydrogens is 356 g/mol. The van der Waals surface area contributed by atoms with Gasteiger partial charge in [0.1, 0.15) is 5.82 Å². The Labute approximate surface area is 164 Å². The number of nitrogens with zero attached hydrogens (tertiary/aromatic N) is 4. The quantitative estimate of drug-likeness (QED) is 0.487. The molecule has 6 nitrogen and oxygen atoms in total. The molecule has 3 rings (SSSR count). The molecule has 142 valence electrons. The average Bonchev–Trinajstić information content (AvgIpc) is 3.29. The van der Waals surface area contributed by atoms with Gasteiger partial charge in [0.15, 0.2) is 11.8 Å². The Bertz CT molecular complexity index is 865. The van der Waals surface area contributed by atoms with Crippen LogP contribution in [0.15, 0.2) is 46.8 Å². The predicted molar refractivity (Wildman–Crippen MR) is 111 cm³/mol. The molecule has 27 heavy (non-hydrogen) atoms. The van der Waals surface area contributed by atoms with E-state index in [9.17, 15) is 0 Å². The van der Waals surface area contributed by atoms with Crippen molar-refractivity contribution in [2.75, 3.05) is 6.54 Å². The summed E-state index contributed by atoms with van der Waals surface area (Å²) in [5, 5.41) is 17.2. The zero-order valence-corrected chi connectivity index (χ0v) is 16.9. The molecule has 7 heteroatoms. The topological polar surface area (TPSA) is 67.1 Å². The molecule has 0 aliphatic rings. The molecule has 0 amide bonds. The smallest absolute Gasteiger partial charge is 0.191 e. The summed E-state index contributed by atoms with van der Waals surface area (Å²) < 4.78 is 1.98. The van der Waals surface area contributed by atoms with Gasteiger partial charge in [-0.3, -0.25) is 0 Å². The van der Waals surface area contributed by atoms with Crippen LogP contribution in [0.5, 0.6) is 0 Å². The highest BCUT2D eigenvalue weighted by Gasteiger charge is 2.06. The summed E-state index contributed by atoms with van der Waals surface area (Å²) in [6.45, 7) is 6.08. The Morgan fingerprint density at radius 2 is 1.93 bits per heavy atom. The second-order valence-electron chi connectivity index (χ2n) is 6.48. The molecule has 3 aromatic rings. The molecule has 0 bridgehead atoms. The molecule has 2 heterocycles. The largest absolute Gasteiger partial charge is 0.356 e. The molecule has 0 fully saturated rings. The number of guanidine groups is 1. The van der Waals surface area contributed by atoms with Crippen LogP contribution < -0.4 is 10.6 Å². The van der Waals surface area contributed by atoms with Crippen molar-refractivity contribution in [3.05, 3.63) is 69.4 Å². The lowest BCUT2D eigenvalue weighted by Crippen LogP contribution is -2.38. The van der Waals surface area contributed by atoms with Crippen molar-refractivity contribution < 1.29 is 0 Å².